The smallest absolute Gasteiger partial charge is 0.325 e. The first kappa shape index (κ1) is 15.3. The van der Waals surface area contributed by atoms with Gasteiger partial charge in [0.1, 0.15) is 6.04 Å². The Kier molecular flexibility index (Phi) is 5.63. The lowest BCUT2D eigenvalue weighted by Crippen LogP contribution is -2.33. The second-order valence-electron chi connectivity index (χ2n) is 4.09. The van der Waals surface area contributed by atoms with E-state index >= 15 is 0 Å². The number of aromatic hydroxyl groups is 1. The van der Waals surface area contributed by atoms with Gasteiger partial charge >= 0.3 is 5.97 Å². The van der Waals surface area contributed by atoms with Crippen molar-refractivity contribution in [1.82, 2.24) is 4.90 Å². The van der Waals surface area contributed by atoms with Crippen LogP contribution in [0, 0.1) is 0 Å². The highest BCUT2D eigenvalue weighted by molar-refractivity contribution is 5.77. The number of para-hydroxylation sites is 1. The predicted octanol–water partition coefficient (Wildman–Crippen LogP) is 2.26. The standard InChI is InChI=1S/C14H21NO4/c1-4-15(5-2)12(14(17)18)10-8-7-9-11(13(10)16)19-6-3/h7-9,12,16H,4-6H2,1-3H3,(H,17,18). The van der Waals surface area contributed by atoms with Gasteiger partial charge in [0.05, 0.1) is 6.61 Å². The van der Waals surface area contributed by atoms with E-state index in [1.807, 2.05) is 20.8 Å². The van der Waals surface area contributed by atoms with Crippen LogP contribution in [0.2, 0.25) is 0 Å². The van der Waals surface area contributed by atoms with E-state index in [9.17, 15) is 15.0 Å². The number of nitrogens with zero attached hydrogens (tertiary/aromatic N) is 1. The summed E-state index contributed by atoms with van der Waals surface area (Å²) in [7, 11) is 0. The molecule has 5 heteroatoms. The van der Waals surface area contributed by atoms with Gasteiger partial charge in [0.25, 0.3) is 0 Å². The summed E-state index contributed by atoms with van der Waals surface area (Å²) >= 11 is 0. The molecule has 0 fully saturated rings. The summed E-state index contributed by atoms with van der Waals surface area (Å²) in [5.74, 6) is -0.755. The van der Waals surface area contributed by atoms with Gasteiger partial charge in [-0.05, 0) is 26.1 Å². The minimum Gasteiger partial charge on any atom is -0.504 e. The van der Waals surface area contributed by atoms with Crippen LogP contribution in [-0.2, 0) is 4.79 Å². The fourth-order valence-electron chi connectivity index (χ4n) is 2.11. The van der Waals surface area contributed by atoms with Crippen LogP contribution in [-0.4, -0.2) is 40.8 Å². The second-order valence-corrected chi connectivity index (χ2v) is 4.09. The highest BCUT2D eigenvalue weighted by atomic mass is 16.5. The quantitative estimate of drug-likeness (QED) is 0.793. The van der Waals surface area contributed by atoms with Gasteiger partial charge in [0.2, 0.25) is 0 Å². The fraction of sp³-hybridized carbons (Fsp3) is 0.500. The summed E-state index contributed by atoms with van der Waals surface area (Å²) in [6.07, 6.45) is 0. The van der Waals surface area contributed by atoms with Gasteiger partial charge in [-0.3, -0.25) is 9.69 Å². The van der Waals surface area contributed by atoms with Crippen molar-refractivity contribution in [3.05, 3.63) is 23.8 Å². The number of hydrogen-bond donors (Lipinski definition) is 2. The first-order valence-corrected chi connectivity index (χ1v) is 6.48. The zero-order valence-electron chi connectivity index (χ0n) is 11.6. The lowest BCUT2D eigenvalue weighted by molar-refractivity contribution is -0.143. The molecule has 1 aromatic carbocycles. The monoisotopic (exact) mass is 267 g/mol. The van der Waals surface area contributed by atoms with Crippen molar-refractivity contribution in [3.8, 4) is 11.5 Å². The molecule has 0 spiro atoms. The third-order valence-corrected chi connectivity index (χ3v) is 3.04. The molecule has 1 aromatic rings. The molecule has 0 aromatic heterocycles. The molecule has 19 heavy (non-hydrogen) atoms. The zero-order valence-corrected chi connectivity index (χ0v) is 11.6. The Hall–Kier alpha value is -1.75. The molecule has 5 nitrogen and oxygen atoms in total. The van der Waals surface area contributed by atoms with E-state index in [1.165, 1.54) is 0 Å². The van der Waals surface area contributed by atoms with Crippen LogP contribution < -0.4 is 4.74 Å². The zero-order chi connectivity index (χ0) is 14.4. The van der Waals surface area contributed by atoms with Crippen molar-refractivity contribution in [2.75, 3.05) is 19.7 Å². The van der Waals surface area contributed by atoms with Crippen molar-refractivity contribution < 1.29 is 19.7 Å². The molecule has 0 bridgehead atoms. The largest absolute Gasteiger partial charge is 0.504 e. The first-order chi connectivity index (χ1) is 9.06. The number of aliphatic carboxylic acids is 1. The maximum absolute atomic E-state index is 11.5. The SMILES string of the molecule is CCOc1cccc(C(C(=O)O)N(CC)CC)c1O. The molecule has 0 saturated carbocycles. The van der Waals surface area contributed by atoms with Crippen molar-refractivity contribution in [2.24, 2.45) is 0 Å². The highest BCUT2D eigenvalue weighted by Gasteiger charge is 2.29. The maximum atomic E-state index is 11.5. The number of ether oxygens (including phenoxy) is 1. The van der Waals surface area contributed by atoms with Gasteiger partial charge in [0, 0.05) is 5.56 Å². The maximum Gasteiger partial charge on any atom is 0.325 e. The summed E-state index contributed by atoms with van der Waals surface area (Å²) in [6.45, 7) is 7.19. The first-order valence-electron chi connectivity index (χ1n) is 6.48. The van der Waals surface area contributed by atoms with Gasteiger partial charge in [-0.1, -0.05) is 26.0 Å². The average Bonchev–Trinajstić information content (AvgIpc) is 2.39. The normalized spacial score (nSPS) is 12.4. The molecule has 1 unspecified atom stereocenters. The molecule has 0 aliphatic heterocycles. The molecule has 0 heterocycles. The Balaban J connectivity index is 3.23. The third-order valence-electron chi connectivity index (χ3n) is 3.04. The summed E-state index contributed by atoms with van der Waals surface area (Å²) in [5, 5.41) is 19.6. The molecule has 1 rings (SSSR count). The molecule has 2 N–H and O–H groups in total. The summed E-state index contributed by atoms with van der Waals surface area (Å²) in [4.78, 5) is 13.3. The summed E-state index contributed by atoms with van der Waals surface area (Å²) in [6, 6.07) is 4.08. The van der Waals surface area contributed by atoms with Crippen LogP contribution in [0.25, 0.3) is 0 Å². The molecule has 0 aliphatic rings. The van der Waals surface area contributed by atoms with Crippen LogP contribution in [0.4, 0.5) is 0 Å². The molecule has 0 saturated heterocycles. The molecule has 106 valence electrons. The molecular weight excluding hydrogens is 246 g/mol. The highest BCUT2D eigenvalue weighted by Crippen LogP contribution is 2.36. The summed E-state index contributed by atoms with van der Waals surface area (Å²) in [5.41, 5.74) is 0.363. The van der Waals surface area contributed by atoms with Crippen molar-refractivity contribution in [1.29, 1.82) is 0 Å². The van der Waals surface area contributed by atoms with E-state index in [2.05, 4.69) is 0 Å². The van der Waals surface area contributed by atoms with Crippen LogP contribution >= 0.6 is 0 Å². The Morgan fingerprint density at radius 1 is 1.32 bits per heavy atom. The number of phenolic OH excluding ortho intramolecular Hbond substituents is 1. The van der Waals surface area contributed by atoms with E-state index in [-0.39, 0.29) is 5.75 Å². The van der Waals surface area contributed by atoms with Gasteiger partial charge in [0.15, 0.2) is 11.5 Å². The number of benzene rings is 1. The van der Waals surface area contributed by atoms with Crippen molar-refractivity contribution in [3.63, 3.8) is 0 Å². The lowest BCUT2D eigenvalue weighted by atomic mass is 10.0. The number of carbonyl (C=O) groups is 1. The Morgan fingerprint density at radius 3 is 2.42 bits per heavy atom. The minimum absolute atomic E-state index is 0.0938. The van der Waals surface area contributed by atoms with Crippen molar-refractivity contribution in [2.45, 2.75) is 26.8 Å². The van der Waals surface area contributed by atoms with E-state index < -0.39 is 12.0 Å². The number of carboxylic acid groups (broad SMARTS) is 1. The average molecular weight is 267 g/mol. The predicted molar refractivity (Wildman–Crippen MR) is 72.6 cm³/mol. The lowest BCUT2D eigenvalue weighted by Gasteiger charge is -2.27. The van der Waals surface area contributed by atoms with E-state index in [1.54, 1.807) is 23.1 Å². The molecule has 0 amide bonds. The van der Waals surface area contributed by atoms with Crippen LogP contribution in [0.3, 0.4) is 0 Å². The Bertz CT molecular complexity index is 429. The summed E-state index contributed by atoms with van der Waals surface area (Å²) < 4.78 is 5.29. The van der Waals surface area contributed by atoms with Crippen LogP contribution in [0.1, 0.15) is 32.4 Å². The number of likely N-dealkylation sites (N-methyl/N-ethyl adjacent to an activating group) is 1. The Labute approximate surface area is 113 Å². The molecule has 0 aliphatic carbocycles. The van der Waals surface area contributed by atoms with Gasteiger partial charge in [-0.15, -0.1) is 0 Å². The number of rotatable bonds is 7. The van der Waals surface area contributed by atoms with E-state index in [4.69, 9.17) is 4.74 Å². The van der Waals surface area contributed by atoms with Gasteiger partial charge in [-0.2, -0.15) is 0 Å². The van der Waals surface area contributed by atoms with Gasteiger partial charge in [-0.25, -0.2) is 0 Å². The van der Waals surface area contributed by atoms with E-state index in [0.29, 0.717) is 31.0 Å². The second kappa shape index (κ2) is 6.99. The Morgan fingerprint density at radius 2 is 1.95 bits per heavy atom. The minimum atomic E-state index is -0.979. The van der Waals surface area contributed by atoms with Crippen molar-refractivity contribution >= 4 is 5.97 Å². The number of hydrogen-bond acceptors (Lipinski definition) is 4. The molecule has 1 atom stereocenters. The van der Waals surface area contributed by atoms with Crippen LogP contribution in [0.15, 0.2) is 18.2 Å². The van der Waals surface area contributed by atoms with E-state index in [0.717, 1.165) is 0 Å². The topological polar surface area (TPSA) is 70.0 Å². The van der Waals surface area contributed by atoms with Crippen LogP contribution in [0.5, 0.6) is 11.5 Å². The fourth-order valence-corrected chi connectivity index (χ4v) is 2.11. The molecular formula is C14H21NO4. The molecule has 0 radical (unpaired) electrons. The van der Waals surface area contributed by atoms with Gasteiger partial charge < -0.3 is 14.9 Å². The number of phenols is 1. The third kappa shape index (κ3) is 3.38. The number of carboxylic acids is 1.